The Morgan fingerprint density at radius 3 is 3.10 bits per heavy atom. The fourth-order valence-corrected chi connectivity index (χ4v) is 2.81. The Bertz CT molecular complexity index is 503. The van der Waals surface area contributed by atoms with E-state index in [4.69, 9.17) is 9.47 Å². The molecule has 0 saturated carbocycles. The summed E-state index contributed by atoms with van der Waals surface area (Å²) >= 11 is 0. The summed E-state index contributed by atoms with van der Waals surface area (Å²) in [6.45, 7) is 2.31. The van der Waals surface area contributed by atoms with Crippen LogP contribution in [0.2, 0.25) is 0 Å². The third-order valence-electron chi connectivity index (χ3n) is 3.99. The number of ether oxygens (including phenoxy) is 3. The number of anilines is 1. The zero-order chi connectivity index (χ0) is 13.9. The molecule has 0 aromatic heterocycles. The molecule has 5 nitrogen and oxygen atoms in total. The van der Waals surface area contributed by atoms with Crippen molar-refractivity contribution in [1.29, 1.82) is 0 Å². The molecule has 0 aliphatic carbocycles. The Morgan fingerprint density at radius 2 is 2.25 bits per heavy atom. The summed E-state index contributed by atoms with van der Waals surface area (Å²) in [6, 6.07) is 6.06. The number of hydrogen-bond acceptors (Lipinski definition) is 5. The monoisotopic (exact) mass is 277 g/mol. The van der Waals surface area contributed by atoms with Crippen molar-refractivity contribution in [2.24, 2.45) is 5.92 Å². The smallest absolute Gasteiger partial charge is 0.305 e. The second-order valence-electron chi connectivity index (χ2n) is 5.25. The minimum absolute atomic E-state index is 0.119. The highest BCUT2D eigenvalue weighted by Crippen LogP contribution is 2.37. The van der Waals surface area contributed by atoms with Crippen molar-refractivity contribution in [3.8, 4) is 11.5 Å². The Kier molecular flexibility index (Phi) is 3.67. The quantitative estimate of drug-likeness (QED) is 0.790. The Morgan fingerprint density at radius 1 is 1.40 bits per heavy atom. The summed E-state index contributed by atoms with van der Waals surface area (Å²) in [7, 11) is 1.44. The predicted octanol–water partition coefficient (Wildman–Crippen LogP) is 2.19. The topological polar surface area (TPSA) is 48.0 Å². The molecule has 0 bridgehead atoms. The molecule has 0 radical (unpaired) electrons. The van der Waals surface area contributed by atoms with Crippen LogP contribution in [0.1, 0.15) is 19.3 Å². The van der Waals surface area contributed by atoms with Crippen LogP contribution < -0.4 is 14.4 Å². The molecule has 1 aromatic carbocycles. The van der Waals surface area contributed by atoms with E-state index in [-0.39, 0.29) is 5.97 Å². The van der Waals surface area contributed by atoms with Gasteiger partial charge < -0.3 is 19.1 Å². The Hall–Kier alpha value is -1.91. The van der Waals surface area contributed by atoms with Crippen molar-refractivity contribution in [2.75, 3.05) is 31.9 Å². The van der Waals surface area contributed by atoms with E-state index in [1.54, 1.807) is 0 Å². The van der Waals surface area contributed by atoms with Crippen molar-refractivity contribution >= 4 is 11.7 Å². The lowest BCUT2D eigenvalue weighted by atomic mass is 10.0. The van der Waals surface area contributed by atoms with Gasteiger partial charge in [0.1, 0.15) is 0 Å². The first-order chi connectivity index (χ1) is 9.76. The van der Waals surface area contributed by atoms with E-state index in [0.29, 0.717) is 19.1 Å². The zero-order valence-electron chi connectivity index (χ0n) is 11.6. The molecule has 0 N–H and O–H groups in total. The molecule has 108 valence electrons. The first-order valence-corrected chi connectivity index (χ1v) is 6.97. The van der Waals surface area contributed by atoms with Gasteiger partial charge in [0.25, 0.3) is 0 Å². The molecule has 2 heterocycles. The summed E-state index contributed by atoms with van der Waals surface area (Å²) in [5.74, 6) is 2.07. The van der Waals surface area contributed by atoms with Crippen LogP contribution in [0, 0.1) is 5.92 Å². The maximum atomic E-state index is 11.2. The van der Waals surface area contributed by atoms with Gasteiger partial charge in [-0.1, -0.05) is 0 Å². The number of benzene rings is 1. The molecule has 1 unspecified atom stereocenters. The van der Waals surface area contributed by atoms with Gasteiger partial charge in [0.15, 0.2) is 11.5 Å². The second kappa shape index (κ2) is 5.61. The summed E-state index contributed by atoms with van der Waals surface area (Å²) in [5.41, 5.74) is 1.16. The van der Waals surface area contributed by atoms with Crippen LogP contribution in [0.5, 0.6) is 11.5 Å². The van der Waals surface area contributed by atoms with Gasteiger partial charge in [0.2, 0.25) is 6.79 Å². The first kappa shape index (κ1) is 13.1. The predicted molar refractivity (Wildman–Crippen MR) is 74.1 cm³/mol. The highest BCUT2D eigenvalue weighted by atomic mass is 16.7. The van der Waals surface area contributed by atoms with Gasteiger partial charge in [-0.15, -0.1) is 0 Å². The second-order valence-corrected chi connectivity index (χ2v) is 5.25. The standard InChI is InChI=1S/C15H19NO4/c1-18-15(17)5-2-11-6-7-16(9-11)12-3-4-13-14(8-12)20-10-19-13/h3-4,8,11H,2,5-7,9-10H2,1H3. The summed E-state index contributed by atoms with van der Waals surface area (Å²) in [6.07, 6.45) is 2.52. The molecule has 2 aliphatic heterocycles. The fraction of sp³-hybridized carbons (Fsp3) is 0.533. The number of rotatable bonds is 4. The molecule has 0 spiro atoms. The SMILES string of the molecule is COC(=O)CCC1CCN(c2ccc3c(c2)OCO3)C1. The van der Waals surface area contributed by atoms with Gasteiger partial charge in [-0.3, -0.25) is 4.79 Å². The van der Waals surface area contributed by atoms with Crippen LogP contribution in [0.4, 0.5) is 5.69 Å². The number of esters is 1. The van der Waals surface area contributed by atoms with Crippen molar-refractivity contribution in [3.63, 3.8) is 0 Å². The largest absolute Gasteiger partial charge is 0.469 e. The highest BCUT2D eigenvalue weighted by Gasteiger charge is 2.24. The molecule has 3 rings (SSSR count). The molecule has 5 heteroatoms. The van der Waals surface area contributed by atoms with E-state index in [2.05, 4.69) is 15.7 Å². The fourth-order valence-electron chi connectivity index (χ4n) is 2.81. The molecule has 2 aliphatic rings. The molecule has 1 fully saturated rings. The molecule has 1 atom stereocenters. The lowest BCUT2D eigenvalue weighted by molar-refractivity contribution is -0.140. The van der Waals surface area contributed by atoms with Crippen LogP contribution in [-0.4, -0.2) is 33.0 Å². The summed E-state index contributed by atoms with van der Waals surface area (Å²) in [5, 5.41) is 0. The lowest BCUT2D eigenvalue weighted by Gasteiger charge is -2.19. The number of fused-ring (bicyclic) bond motifs is 1. The van der Waals surface area contributed by atoms with E-state index in [1.807, 2.05) is 12.1 Å². The number of carbonyl (C=O) groups excluding carboxylic acids is 1. The highest BCUT2D eigenvalue weighted by molar-refractivity contribution is 5.69. The third-order valence-corrected chi connectivity index (χ3v) is 3.99. The van der Waals surface area contributed by atoms with Crippen LogP contribution in [0.25, 0.3) is 0 Å². The maximum Gasteiger partial charge on any atom is 0.305 e. The first-order valence-electron chi connectivity index (χ1n) is 6.97. The van der Waals surface area contributed by atoms with Crippen LogP contribution >= 0.6 is 0 Å². The normalized spacial score (nSPS) is 20.2. The summed E-state index contributed by atoms with van der Waals surface area (Å²) in [4.78, 5) is 13.5. The van der Waals surface area contributed by atoms with Gasteiger partial charge in [-0.2, -0.15) is 0 Å². The third kappa shape index (κ3) is 2.66. The van der Waals surface area contributed by atoms with E-state index < -0.39 is 0 Å². The average molecular weight is 277 g/mol. The molecule has 1 saturated heterocycles. The Labute approximate surface area is 118 Å². The minimum atomic E-state index is -0.119. The number of hydrogen-bond donors (Lipinski definition) is 0. The van der Waals surface area contributed by atoms with Crippen molar-refractivity contribution in [3.05, 3.63) is 18.2 Å². The number of methoxy groups -OCH3 is 1. The van der Waals surface area contributed by atoms with Crippen molar-refractivity contribution in [1.82, 2.24) is 0 Å². The van der Waals surface area contributed by atoms with Gasteiger partial charge >= 0.3 is 5.97 Å². The van der Waals surface area contributed by atoms with Crippen molar-refractivity contribution < 1.29 is 19.0 Å². The zero-order valence-corrected chi connectivity index (χ0v) is 11.6. The molecule has 1 aromatic rings. The van der Waals surface area contributed by atoms with E-state index in [9.17, 15) is 4.79 Å². The van der Waals surface area contributed by atoms with Gasteiger partial charge in [0, 0.05) is 31.3 Å². The van der Waals surface area contributed by atoms with Gasteiger partial charge in [-0.25, -0.2) is 0 Å². The molecule has 0 amide bonds. The molecule has 20 heavy (non-hydrogen) atoms. The van der Waals surface area contributed by atoms with Crippen LogP contribution in [-0.2, 0) is 9.53 Å². The average Bonchev–Trinajstić information content (AvgIpc) is 3.12. The number of carbonyl (C=O) groups is 1. The Balaban J connectivity index is 1.58. The lowest BCUT2D eigenvalue weighted by Crippen LogP contribution is -2.19. The van der Waals surface area contributed by atoms with E-state index in [1.165, 1.54) is 7.11 Å². The van der Waals surface area contributed by atoms with Gasteiger partial charge in [0.05, 0.1) is 7.11 Å². The van der Waals surface area contributed by atoms with E-state index >= 15 is 0 Å². The molecular weight excluding hydrogens is 258 g/mol. The van der Waals surface area contributed by atoms with Crippen LogP contribution in [0.15, 0.2) is 18.2 Å². The van der Waals surface area contributed by atoms with Crippen LogP contribution in [0.3, 0.4) is 0 Å². The van der Waals surface area contributed by atoms with E-state index in [0.717, 1.165) is 43.1 Å². The van der Waals surface area contributed by atoms with Gasteiger partial charge in [-0.05, 0) is 30.9 Å². The number of nitrogens with zero attached hydrogens (tertiary/aromatic N) is 1. The minimum Gasteiger partial charge on any atom is -0.469 e. The summed E-state index contributed by atoms with van der Waals surface area (Å²) < 4.78 is 15.4. The van der Waals surface area contributed by atoms with Crippen molar-refractivity contribution in [2.45, 2.75) is 19.3 Å². The maximum absolute atomic E-state index is 11.2. The molecular formula is C15H19NO4.